The van der Waals surface area contributed by atoms with Gasteiger partial charge in [-0.3, -0.25) is 4.79 Å². The molecule has 0 aromatic carbocycles. The SMILES string of the molecule is CC[C@H]1OC(=O)[C@H](C)[C@@H](O[C@H]2C[C@@](C)(OC)[C@@H](OCOCCOC)[C@H](C)O2)[C@H](C)[C@@H](O[C@@H]2O[C@H](C)C[C@H](N(C)C)[C@H]2O)[C@](C)(O)C[C@@H](C)/C(=N\OCOCCOC)[C@H](C)[C@@H](O)[C@]1(C)O. The number of cyclic esters (lactones) is 1. The van der Waals surface area contributed by atoms with E-state index in [1.165, 1.54) is 6.92 Å². The molecular formula is C45H84N2O17. The van der Waals surface area contributed by atoms with Gasteiger partial charge in [0.15, 0.2) is 12.6 Å². The maximum Gasteiger partial charge on any atom is 0.311 e. The third kappa shape index (κ3) is 14.7. The summed E-state index contributed by atoms with van der Waals surface area (Å²) in [5, 5.41) is 53.0. The Labute approximate surface area is 381 Å². The molecule has 19 heteroatoms. The first-order chi connectivity index (χ1) is 30.0. The van der Waals surface area contributed by atoms with E-state index in [0.717, 1.165) is 0 Å². The van der Waals surface area contributed by atoms with Gasteiger partial charge in [-0.1, -0.05) is 32.9 Å². The fourth-order valence-corrected chi connectivity index (χ4v) is 9.56. The molecule has 0 aromatic rings. The second-order valence-electron chi connectivity index (χ2n) is 18.9. The number of hydrogen-bond acceptors (Lipinski definition) is 19. The third-order valence-electron chi connectivity index (χ3n) is 13.3. The van der Waals surface area contributed by atoms with Gasteiger partial charge < -0.3 is 82.3 Å². The summed E-state index contributed by atoms with van der Waals surface area (Å²) >= 11 is 0. The standard InChI is InChI=1S/C45H84N2O17/c1-16-33-45(10,52)38(49)28(4)35(46-59-25-57-20-18-54-14)26(2)22-43(8,51)39(64-42-36(48)32(47(11)12)21-27(3)60-42)29(5)37(30(6)41(50)62-33)63-34-23-44(9,55-15)40(31(7)61-34)58-24-56-19-17-53-13/h26-34,36-40,42,48-49,51-52H,16-25H2,1-15H3/b46-35+/t26-,27-,28+,29+,30-,31+,32+,33-,34+,36-,37+,38-,39-,40+,42+,43-,44-,45-/m1/s1. The van der Waals surface area contributed by atoms with Gasteiger partial charge in [0, 0.05) is 51.5 Å². The first kappa shape index (κ1) is 56.7. The zero-order valence-electron chi connectivity index (χ0n) is 41.2. The highest BCUT2D eigenvalue weighted by Gasteiger charge is 2.54. The summed E-state index contributed by atoms with van der Waals surface area (Å²) < 4.78 is 66.0. The maximum absolute atomic E-state index is 14.5. The first-order valence-electron chi connectivity index (χ1n) is 22.8. The van der Waals surface area contributed by atoms with Gasteiger partial charge in [-0.25, -0.2) is 0 Å². The number of hydrogen-bond donors (Lipinski definition) is 4. The number of methoxy groups -OCH3 is 3. The first-order valence-corrected chi connectivity index (χ1v) is 22.8. The number of aliphatic hydroxyl groups excluding tert-OH is 2. The topological polar surface area (TPSA) is 224 Å². The summed E-state index contributed by atoms with van der Waals surface area (Å²) in [6, 6.07) is -0.333. The van der Waals surface area contributed by atoms with Gasteiger partial charge >= 0.3 is 5.97 Å². The Bertz CT molecular complexity index is 1410. The van der Waals surface area contributed by atoms with Crippen molar-refractivity contribution in [2.45, 2.75) is 179 Å². The van der Waals surface area contributed by atoms with Crippen LogP contribution in [0.4, 0.5) is 0 Å². The van der Waals surface area contributed by atoms with E-state index < -0.39 is 102 Å². The van der Waals surface area contributed by atoms with E-state index in [2.05, 4.69) is 5.16 Å². The van der Waals surface area contributed by atoms with Crippen molar-refractivity contribution < 1.29 is 82.2 Å². The van der Waals surface area contributed by atoms with Gasteiger partial charge in [0.1, 0.15) is 30.7 Å². The molecule has 0 radical (unpaired) electrons. The van der Waals surface area contributed by atoms with Crippen LogP contribution in [0.15, 0.2) is 5.16 Å². The Morgan fingerprint density at radius 2 is 1.45 bits per heavy atom. The van der Waals surface area contributed by atoms with E-state index in [1.54, 1.807) is 55.9 Å². The monoisotopic (exact) mass is 925 g/mol. The predicted molar refractivity (Wildman–Crippen MR) is 234 cm³/mol. The average molecular weight is 925 g/mol. The molecular weight excluding hydrogens is 840 g/mol. The quantitative estimate of drug-likeness (QED) is 0.0633. The van der Waals surface area contributed by atoms with Crippen LogP contribution in [0.3, 0.4) is 0 Å². The van der Waals surface area contributed by atoms with Crippen LogP contribution in [0.2, 0.25) is 0 Å². The third-order valence-corrected chi connectivity index (χ3v) is 13.3. The molecule has 0 saturated carbocycles. The highest BCUT2D eigenvalue weighted by molar-refractivity contribution is 5.88. The normalized spacial score (nSPS) is 42.7. The van der Waals surface area contributed by atoms with Gasteiger partial charge in [0.2, 0.25) is 6.79 Å². The van der Waals surface area contributed by atoms with E-state index >= 15 is 0 Å². The molecule has 3 aliphatic rings. The molecule has 0 bridgehead atoms. The van der Waals surface area contributed by atoms with Crippen LogP contribution in [-0.2, 0) is 61.7 Å². The van der Waals surface area contributed by atoms with Gasteiger partial charge in [-0.2, -0.15) is 0 Å². The Kier molecular flexibility index (Phi) is 22.7. The number of aliphatic hydroxyl groups is 4. The second kappa shape index (κ2) is 25.6. The zero-order valence-corrected chi connectivity index (χ0v) is 41.2. The van der Waals surface area contributed by atoms with Crippen molar-refractivity contribution in [3.05, 3.63) is 0 Å². The Hall–Kier alpha value is -1.66. The van der Waals surface area contributed by atoms with Crippen LogP contribution in [0.1, 0.15) is 94.9 Å². The number of esters is 1. The van der Waals surface area contributed by atoms with Crippen molar-refractivity contribution in [3.63, 3.8) is 0 Å². The van der Waals surface area contributed by atoms with Crippen molar-refractivity contribution in [1.29, 1.82) is 0 Å². The second-order valence-corrected chi connectivity index (χ2v) is 18.9. The number of carbonyl (C=O) groups is 1. The number of oxime groups is 1. The van der Waals surface area contributed by atoms with Gasteiger partial charge in [-0.05, 0) is 74.9 Å². The summed E-state index contributed by atoms with van der Waals surface area (Å²) in [5.74, 6) is -4.15. The van der Waals surface area contributed by atoms with Crippen LogP contribution in [0, 0.1) is 23.7 Å². The van der Waals surface area contributed by atoms with Crippen LogP contribution in [0.25, 0.3) is 0 Å². The summed E-state index contributed by atoms with van der Waals surface area (Å²) in [5.41, 5.74) is -4.39. The Morgan fingerprint density at radius 3 is 2.03 bits per heavy atom. The smallest absolute Gasteiger partial charge is 0.311 e. The minimum atomic E-state index is -1.97. The Balaban J connectivity index is 2.18. The summed E-state index contributed by atoms with van der Waals surface area (Å²) in [6.07, 6.45) is -8.90. The van der Waals surface area contributed by atoms with E-state index in [9.17, 15) is 25.2 Å². The van der Waals surface area contributed by atoms with Crippen LogP contribution in [0.5, 0.6) is 0 Å². The van der Waals surface area contributed by atoms with Gasteiger partial charge in [-0.15, -0.1) is 0 Å². The lowest BCUT2D eigenvalue weighted by Crippen LogP contribution is -2.61. The zero-order chi connectivity index (χ0) is 48.2. The molecule has 376 valence electrons. The lowest BCUT2D eigenvalue weighted by Gasteiger charge is -2.49. The fourth-order valence-electron chi connectivity index (χ4n) is 9.56. The summed E-state index contributed by atoms with van der Waals surface area (Å²) in [4.78, 5) is 22.0. The molecule has 3 heterocycles. The molecule has 0 aromatic heterocycles. The average Bonchev–Trinajstić information content (AvgIpc) is 3.23. The highest BCUT2D eigenvalue weighted by Crippen LogP contribution is 2.41. The number of rotatable bonds is 19. The largest absolute Gasteiger partial charge is 0.459 e. The van der Waals surface area contributed by atoms with Crippen molar-refractivity contribution in [1.82, 2.24) is 4.90 Å². The van der Waals surface area contributed by atoms with Crippen molar-refractivity contribution in [2.75, 3.05) is 75.4 Å². The molecule has 18 atom stereocenters. The highest BCUT2D eigenvalue weighted by atomic mass is 16.7. The molecule has 0 amide bonds. The molecule has 3 aliphatic heterocycles. The maximum atomic E-state index is 14.5. The molecule has 3 rings (SSSR count). The number of nitrogens with zero attached hydrogens (tertiary/aromatic N) is 2. The fraction of sp³-hybridized carbons (Fsp3) is 0.956. The summed E-state index contributed by atoms with van der Waals surface area (Å²) in [7, 11) is 8.44. The molecule has 19 nitrogen and oxygen atoms in total. The van der Waals surface area contributed by atoms with Crippen molar-refractivity contribution in [3.8, 4) is 0 Å². The van der Waals surface area contributed by atoms with E-state index in [4.69, 9.17) is 56.9 Å². The lowest BCUT2D eigenvalue weighted by molar-refractivity contribution is -0.325. The minimum absolute atomic E-state index is 0.0276. The van der Waals surface area contributed by atoms with E-state index in [-0.39, 0.29) is 51.6 Å². The molecule has 0 aliphatic carbocycles. The summed E-state index contributed by atoms with van der Waals surface area (Å²) in [6.45, 7) is 18.4. The predicted octanol–water partition coefficient (Wildman–Crippen LogP) is 2.85. The Morgan fingerprint density at radius 1 is 0.828 bits per heavy atom. The van der Waals surface area contributed by atoms with Crippen LogP contribution in [-0.4, -0.2) is 197 Å². The lowest BCUT2D eigenvalue weighted by atomic mass is 9.73. The molecule has 3 saturated heterocycles. The molecule has 64 heavy (non-hydrogen) atoms. The number of carbonyl (C=O) groups excluding carboxylic acids is 1. The van der Waals surface area contributed by atoms with E-state index in [1.807, 2.05) is 46.7 Å². The van der Waals surface area contributed by atoms with Crippen LogP contribution >= 0.6 is 0 Å². The molecule has 4 N–H and O–H groups in total. The van der Waals surface area contributed by atoms with Crippen molar-refractivity contribution >= 4 is 11.7 Å². The van der Waals surface area contributed by atoms with Crippen molar-refractivity contribution in [2.24, 2.45) is 28.8 Å². The molecule has 3 fully saturated rings. The van der Waals surface area contributed by atoms with E-state index in [0.29, 0.717) is 32.0 Å². The molecule has 0 unspecified atom stereocenters. The van der Waals surface area contributed by atoms with Gasteiger partial charge in [0.25, 0.3) is 0 Å². The number of ether oxygens (including phenoxy) is 11. The molecule has 0 spiro atoms. The van der Waals surface area contributed by atoms with Gasteiger partial charge in [0.05, 0.1) is 79.8 Å². The number of likely N-dealkylation sites (N-methyl/N-ethyl adjacent to an activating group) is 1. The van der Waals surface area contributed by atoms with Crippen LogP contribution < -0.4 is 0 Å². The minimum Gasteiger partial charge on any atom is -0.459 e.